The average molecular weight is 239 g/mol. The van der Waals surface area contributed by atoms with Crippen molar-refractivity contribution in [1.82, 2.24) is 10.6 Å². The molecule has 2 fully saturated rings. The van der Waals surface area contributed by atoms with E-state index in [0.29, 0.717) is 18.2 Å². The first-order chi connectivity index (χ1) is 8.07. The molecule has 0 amide bonds. The monoisotopic (exact) mass is 239 g/mol. The first-order valence-corrected chi connectivity index (χ1v) is 6.68. The fourth-order valence-corrected chi connectivity index (χ4v) is 2.41. The van der Waals surface area contributed by atoms with Gasteiger partial charge in [-0.3, -0.25) is 4.99 Å². The van der Waals surface area contributed by atoms with E-state index in [-0.39, 0.29) is 5.41 Å². The molecule has 2 rings (SSSR count). The summed E-state index contributed by atoms with van der Waals surface area (Å²) in [5.41, 5.74) is 0.189. The van der Waals surface area contributed by atoms with Crippen LogP contribution in [0.2, 0.25) is 0 Å². The molecule has 2 aliphatic rings. The Balaban J connectivity index is 1.88. The molecule has 0 bridgehead atoms. The molecule has 2 atom stereocenters. The second-order valence-corrected chi connectivity index (χ2v) is 5.72. The Morgan fingerprint density at radius 3 is 2.53 bits per heavy atom. The fourth-order valence-electron chi connectivity index (χ4n) is 2.41. The first kappa shape index (κ1) is 12.7. The Morgan fingerprint density at radius 1 is 1.35 bits per heavy atom. The van der Waals surface area contributed by atoms with Gasteiger partial charge in [0.25, 0.3) is 0 Å². The summed E-state index contributed by atoms with van der Waals surface area (Å²) in [7, 11) is 1.80. The van der Waals surface area contributed by atoms with Gasteiger partial charge in [-0.05, 0) is 26.2 Å². The fraction of sp³-hybridized carbons (Fsp3) is 0.923. The van der Waals surface area contributed by atoms with Crippen molar-refractivity contribution >= 4 is 5.96 Å². The third kappa shape index (κ3) is 2.73. The number of methoxy groups -OCH3 is 1. The number of guanidine groups is 1. The smallest absolute Gasteiger partial charge is 0.191 e. The quantitative estimate of drug-likeness (QED) is 0.577. The Labute approximate surface area is 104 Å². The highest BCUT2D eigenvalue weighted by Gasteiger charge is 2.49. The molecule has 0 aromatic carbocycles. The summed E-state index contributed by atoms with van der Waals surface area (Å²) in [6, 6.07) is 1.11. The molecule has 0 aromatic heterocycles. The zero-order valence-corrected chi connectivity index (χ0v) is 11.4. The molecule has 0 aliphatic heterocycles. The largest absolute Gasteiger partial charge is 0.381 e. The van der Waals surface area contributed by atoms with Crippen LogP contribution in [0.25, 0.3) is 0 Å². The zero-order chi connectivity index (χ0) is 12.5. The summed E-state index contributed by atoms with van der Waals surface area (Å²) in [6.07, 6.45) is 3.99. The van der Waals surface area contributed by atoms with Crippen molar-refractivity contribution in [2.24, 2.45) is 10.4 Å². The van der Waals surface area contributed by atoms with Crippen molar-refractivity contribution in [3.63, 3.8) is 0 Å². The second-order valence-electron chi connectivity index (χ2n) is 5.72. The van der Waals surface area contributed by atoms with Gasteiger partial charge < -0.3 is 15.4 Å². The van der Waals surface area contributed by atoms with E-state index in [1.807, 2.05) is 0 Å². The predicted octanol–water partition coefficient (Wildman–Crippen LogP) is 1.52. The van der Waals surface area contributed by atoms with E-state index in [4.69, 9.17) is 4.74 Å². The summed E-state index contributed by atoms with van der Waals surface area (Å²) in [4.78, 5) is 4.50. The molecular weight excluding hydrogens is 214 g/mol. The number of ether oxygens (including phenoxy) is 1. The third-order valence-electron chi connectivity index (χ3n) is 4.01. The summed E-state index contributed by atoms with van der Waals surface area (Å²) in [6.45, 7) is 7.40. The van der Waals surface area contributed by atoms with Gasteiger partial charge in [-0.25, -0.2) is 0 Å². The molecule has 98 valence electrons. The van der Waals surface area contributed by atoms with Crippen LogP contribution in [0, 0.1) is 5.41 Å². The summed E-state index contributed by atoms with van der Waals surface area (Å²) < 4.78 is 5.47. The van der Waals surface area contributed by atoms with E-state index in [9.17, 15) is 0 Å². The average Bonchev–Trinajstić information content (AvgIpc) is 3.07. The number of hydrogen-bond acceptors (Lipinski definition) is 2. The van der Waals surface area contributed by atoms with Crippen LogP contribution in [0.4, 0.5) is 0 Å². The minimum atomic E-state index is 0.189. The van der Waals surface area contributed by atoms with Crippen molar-refractivity contribution in [2.45, 2.75) is 58.2 Å². The van der Waals surface area contributed by atoms with Gasteiger partial charge in [0, 0.05) is 31.2 Å². The minimum Gasteiger partial charge on any atom is -0.381 e. The normalized spacial score (nSPS) is 31.9. The highest BCUT2D eigenvalue weighted by Crippen LogP contribution is 2.42. The molecule has 4 nitrogen and oxygen atoms in total. The maximum absolute atomic E-state index is 5.47. The molecule has 0 radical (unpaired) electrons. The van der Waals surface area contributed by atoms with Crippen LogP contribution in [0.5, 0.6) is 0 Å². The first-order valence-electron chi connectivity index (χ1n) is 6.68. The molecule has 17 heavy (non-hydrogen) atoms. The van der Waals surface area contributed by atoms with Crippen molar-refractivity contribution in [2.75, 3.05) is 13.7 Å². The number of nitrogens with one attached hydrogen (secondary N) is 2. The predicted molar refractivity (Wildman–Crippen MR) is 70.3 cm³/mol. The lowest BCUT2D eigenvalue weighted by molar-refractivity contribution is -0.0922. The van der Waals surface area contributed by atoms with Gasteiger partial charge in [0.1, 0.15) is 0 Å². The van der Waals surface area contributed by atoms with Crippen LogP contribution in [0.3, 0.4) is 0 Å². The van der Waals surface area contributed by atoms with Crippen molar-refractivity contribution in [3.05, 3.63) is 0 Å². The van der Waals surface area contributed by atoms with Crippen LogP contribution in [0.15, 0.2) is 4.99 Å². The molecule has 2 saturated carbocycles. The van der Waals surface area contributed by atoms with E-state index >= 15 is 0 Å². The van der Waals surface area contributed by atoms with Crippen molar-refractivity contribution < 1.29 is 4.74 Å². The molecular formula is C13H25N3O. The Hall–Kier alpha value is -0.770. The molecule has 2 unspecified atom stereocenters. The molecule has 0 aromatic rings. The number of rotatable bonds is 4. The van der Waals surface area contributed by atoms with Gasteiger partial charge in [-0.1, -0.05) is 13.8 Å². The molecule has 2 aliphatic carbocycles. The summed E-state index contributed by atoms with van der Waals surface area (Å²) in [5.74, 6) is 0.975. The van der Waals surface area contributed by atoms with E-state index < -0.39 is 0 Å². The standard InChI is InChI=1S/C13H25N3O/c1-5-14-12(15-9-6-7-9)16-10-8-11(17-4)13(10,2)3/h9-11H,5-8H2,1-4H3,(H2,14,15,16). The maximum Gasteiger partial charge on any atom is 0.191 e. The number of nitrogens with zero attached hydrogens (tertiary/aromatic N) is 1. The lowest BCUT2D eigenvalue weighted by Crippen LogP contribution is -2.63. The Bertz CT molecular complexity index is 297. The molecule has 0 spiro atoms. The lowest BCUT2D eigenvalue weighted by Gasteiger charge is -2.51. The van der Waals surface area contributed by atoms with Crippen LogP contribution in [-0.4, -0.2) is 37.8 Å². The maximum atomic E-state index is 5.47. The topological polar surface area (TPSA) is 45.7 Å². The lowest BCUT2D eigenvalue weighted by atomic mass is 9.64. The Kier molecular flexibility index (Phi) is 3.61. The van der Waals surface area contributed by atoms with E-state index in [2.05, 4.69) is 36.4 Å². The van der Waals surface area contributed by atoms with Gasteiger partial charge >= 0.3 is 0 Å². The third-order valence-corrected chi connectivity index (χ3v) is 4.01. The highest BCUT2D eigenvalue weighted by atomic mass is 16.5. The molecule has 2 N–H and O–H groups in total. The SMILES string of the molecule is CCN=C(NC1CC1)NC1CC(OC)C1(C)C. The van der Waals surface area contributed by atoms with Gasteiger partial charge in [-0.2, -0.15) is 0 Å². The van der Waals surface area contributed by atoms with Crippen LogP contribution < -0.4 is 10.6 Å². The zero-order valence-electron chi connectivity index (χ0n) is 11.4. The van der Waals surface area contributed by atoms with Crippen LogP contribution in [-0.2, 0) is 4.74 Å². The van der Waals surface area contributed by atoms with Gasteiger partial charge in [0.05, 0.1) is 6.10 Å². The minimum absolute atomic E-state index is 0.189. The van der Waals surface area contributed by atoms with Gasteiger partial charge in [-0.15, -0.1) is 0 Å². The second kappa shape index (κ2) is 4.84. The van der Waals surface area contributed by atoms with E-state index in [1.165, 1.54) is 12.8 Å². The van der Waals surface area contributed by atoms with E-state index in [0.717, 1.165) is 18.9 Å². The number of aliphatic imine (C=N–C) groups is 1. The van der Waals surface area contributed by atoms with Crippen LogP contribution >= 0.6 is 0 Å². The van der Waals surface area contributed by atoms with Gasteiger partial charge in [0.2, 0.25) is 0 Å². The molecule has 0 heterocycles. The Morgan fingerprint density at radius 2 is 2.06 bits per heavy atom. The van der Waals surface area contributed by atoms with Crippen molar-refractivity contribution in [3.8, 4) is 0 Å². The summed E-state index contributed by atoms with van der Waals surface area (Å²) >= 11 is 0. The summed E-state index contributed by atoms with van der Waals surface area (Å²) in [5, 5.41) is 7.00. The number of hydrogen-bond donors (Lipinski definition) is 2. The highest BCUT2D eigenvalue weighted by molar-refractivity contribution is 5.81. The van der Waals surface area contributed by atoms with Gasteiger partial charge in [0.15, 0.2) is 5.96 Å². The van der Waals surface area contributed by atoms with Crippen molar-refractivity contribution in [1.29, 1.82) is 0 Å². The molecule has 0 saturated heterocycles. The van der Waals surface area contributed by atoms with E-state index in [1.54, 1.807) is 7.11 Å². The van der Waals surface area contributed by atoms with Crippen LogP contribution in [0.1, 0.15) is 40.0 Å². The molecule has 4 heteroatoms.